The second-order valence-corrected chi connectivity index (χ2v) is 8.82. The third kappa shape index (κ3) is 2.80. The minimum absolute atomic E-state index is 0.0857. The van der Waals surface area contributed by atoms with Crippen molar-refractivity contribution in [2.45, 2.75) is 78.4 Å². The molecule has 2 fully saturated rings. The maximum absolute atomic E-state index is 11.1. The summed E-state index contributed by atoms with van der Waals surface area (Å²) in [6.45, 7) is 14.7. The van der Waals surface area contributed by atoms with Crippen molar-refractivity contribution in [2.75, 3.05) is 0 Å². The summed E-state index contributed by atoms with van der Waals surface area (Å²) in [6.07, 6.45) is 8.51. The Labute approximate surface area is 136 Å². The second-order valence-electron chi connectivity index (χ2n) is 8.82. The molecule has 126 valence electrons. The van der Waals surface area contributed by atoms with Gasteiger partial charge in [-0.3, -0.25) is 0 Å². The first-order valence-corrected chi connectivity index (χ1v) is 8.75. The van der Waals surface area contributed by atoms with Crippen LogP contribution in [-0.2, 0) is 0 Å². The zero-order chi connectivity index (χ0) is 16.8. The fourth-order valence-electron chi connectivity index (χ4n) is 5.43. The van der Waals surface area contributed by atoms with Gasteiger partial charge in [-0.2, -0.15) is 0 Å². The van der Waals surface area contributed by atoms with Gasteiger partial charge < -0.3 is 10.2 Å². The molecule has 0 saturated heterocycles. The van der Waals surface area contributed by atoms with E-state index in [2.05, 4.69) is 33.4 Å². The van der Waals surface area contributed by atoms with Crippen LogP contribution in [0.2, 0.25) is 0 Å². The Hall–Kier alpha value is -0.600. The van der Waals surface area contributed by atoms with Crippen molar-refractivity contribution < 1.29 is 10.2 Å². The maximum Gasteiger partial charge on any atom is 0.0913 e. The highest BCUT2D eigenvalue weighted by Gasteiger charge is 2.60. The van der Waals surface area contributed by atoms with Crippen LogP contribution in [0, 0.1) is 22.7 Å². The minimum Gasteiger partial charge on any atom is -0.390 e. The SMILES string of the molecule is C=C/C(C)=C/C[C@@H]1[C@@]2(C)CCCC(C)(C)[C@@H]2CC(O)[C@@]1(C)O. The van der Waals surface area contributed by atoms with E-state index in [9.17, 15) is 10.2 Å². The predicted molar refractivity (Wildman–Crippen MR) is 92.5 cm³/mol. The van der Waals surface area contributed by atoms with Gasteiger partial charge in [-0.25, -0.2) is 0 Å². The summed E-state index contributed by atoms with van der Waals surface area (Å²) in [4.78, 5) is 0. The molecule has 0 radical (unpaired) electrons. The largest absolute Gasteiger partial charge is 0.390 e. The molecule has 0 heterocycles. The summed E-state index contributed by atoms with van der Waals surface area (Å²) >= 11 is 0. The molecule has 0 spiro atoms. The van der Waals surface area contributed by atoms with Crippen LogP contribution in [-0.4, -0.2) is 21.9 Å². The Morgan fingerprint density at radius 2 is 1.86 bits per heavy atom. The van der Waals surface area contributed by atoms with Crippen molar-refractivity contribution in [2.24, 2.45) is 22.7 Å². The lowest BCUT2D eigenvalue weighted by molar-refractivity contribution is -0.217. The second kappa shape index (κ2) is 5.79. The molecule has 0 bridgehead atoms. The number of hydrogen-bond acceptors (Lipinski definition) is 2. The topological polar surface area (TPSA) is 40.5 Å². The summed E-state index contributed by atoms with van der Waals surface area (Å²) < 4.78 is 0. The highest BCUT2D eigenvalue weighted by molar-refractivity contribution is 5.17. The molecule has 2 N–H and O–H groups in total. The van der Waals surface area contributed by atoms with Crippen molar-refractivity contribution >= 4 is 0 Å². The molecule has 2 heteroatoms. The minimum atomic E-state index is -1.02. The molecule has 0 amide bonds. The van der Waals surface area contributed by atoms with E-state index in [1.807, 2.05) is 19.9 Å². The van der Waals surface area contributed by atoms with E-state index in [4.69, 9.17) is 0 Å². The zero-order valence-electron chi connectivity index (χ0n) is 15.0. The van der Waals surface area contributed by atoms with Gasteiger partial charge in [0.1, 0.15) is 0 Å². The van der Waals surface area contributed by atoms with Gasteiger partial charge in [0.05, 0.1) is 11.7 Å². The summed E-state index contributed by atoms with van der Waals surface area (Å²) in [5.41, 5.74) is 0.449. The fourth-order valence-corrected chi connectivity index (χ4v) is 5.43. The first-order chi connectivity index (χ1) is 10.1. The average Bonchev–Trinajstić information content (AvgIpc) is 2.40. The highest BCUT2D eigenvalue weighted by atomic mass is 16.3. The molecule has 5 atom stereocenters. The molecule has 0 aromatic heterocycles. The first-order valence-electron chi connectivity index (χ1n) is 8.75. The lowest BCUT2D eigenvalue weighted by atomic mass is 9.44. The molecule has 22 heavy (non-hydrogen) atoms. The Kier molecular flexibility index (Phi) is 4.68. The molecule has 2 nitrogen and oxygen atoms in total. The van der Waals surface area contributed by atoms with Gasteiger partial charge in [-0.05, 0) is 62.2 Å². The van der Waals surface area contributed by atoms with E-state index >= 15 is 0 Å². The van der Waals surface area contributed by atoms with E-state index in [1.54, 1.807) is 0 Å². The van der Waals surface area contributed by atoms with E-state index in [0.29, 0.717) is 5.92 Å². The van der Waals surface area contributed by atoms with Crippen LogP contribution in [0.3, 0.4) is 0 Å². The lowest BCUT2D eigenvalue weighted by Gasteiger charge is -2.62. The number of rotatable bonds is 3. The van der Waals surface area contributed by atoms with E-state index < -0.39 is 11.7 Å². The maximum atomic E-state index is 11.1. The Morgan fingerprint density at radius 3 is 2.45 bits per heavy atom. The van der Waals surface area contributed by atoms with Crippen molar-refractivity contribution in [1.82, 2.24) is 0 Å². The standard InChI is InChI=1S/C20H34O2/c1-7-14(2)9-10-15-19(5)12-8-11-18(3,4)16(19)13-17(21)20(15,6)22/h7,9,15-17,21-22H,1,8,10-13H2,2-6H3/b14-9+/t15-,16+,17?,19-,20+/m1/s1. The van der Waals surface area contributed by atoms with Gasteiger partial charge in [0.2, 0.25) is 0 Å². The van der Waals surface area contributed by atoms with Gasteiger partial charge >= 0.3 is 0 Å². The number of allylic oxidation sites excluding steroid dienone is 3. The van der Waals surface area contributed by atoms with Crippen molar-refractivity contribution in [3.05, 3.63) is 24.3 Å². The van der Waals surface area contributed by atoms with Crippen LogP contribution in [0.25, 0.3) is 0 Å². The van der Waals surface area contributed by atoms with Gasteiger partial charge in [0.25, 0.3) is 0 Å². The molecular formula is C20H34O2. The van der Waals surface area contributed by atoms with Crippen LogP contribution in [0.1, 0.15) is 66.7 Å². The van der Waals surface area contributed by atoms with Gasteiger partial charge in [0, 0.05) is 0 Å². The number of aliphatic hydroxyl groups excluding tert-OH is 1. The van der Waals surface area contributed by atoms with E-state index in [0.717, 1.165) is 24.8 Å². The Balaban J connectivity index is 2.42. The van der Waals surface area contributed by atoms with Crippen molar-refractivity contribution in [1.29, 1.82) is 0 Å². The zero-order valence-corrected chi connectivity index (χ0v) is 15.0. The average molecular weight is 306 g/mol. The summed E-state index contributed by atoms with van der Waals surface area (Å²) in [5, 5.41) is 21.7. The molecular weight excluding hydrogens is 272 g/mol. The quantitative estimate of drug-likeness (QED) is 0.755. The monoisotopic (exact) mass is 306 g/mol. The van der Waals surface area contributed by atoms with Crippen LogP contribution in [0.15, 0.2) is 24.3 Å². The lowest BCUT2D eigenvalue weighted by Crippen LogP contribution is -2.63. The number of hydrogen-bond donors (Lipinski definition) is 2. The summed E-state index contributed by atoms with van der Waals surface area (Å²) in [7, 11) is 0. The third-order valence-electron chi connectivity index (χ3n) is 6.91. The van der Waals surface area contributed by atoms with Crippen LogP contribution < -0.4 is 0 Å². The van der Waals surface area contributed by atoms with Crippen LogP contribution in [0.4, 0.5) is 0 Å². The van der Waals surface area contributed by atoms with Crippen molar-refractivity contribution in [3.8, 4) is 0 Å². The third-order valence-corrected chi connectivity index (χ3v) is 6.91. The smallest absolute Gasteiger partial charge is 0.0913 e. The highest BCUT2D eigenvalue weighted by Crippen LogP contribution is 2.62. The predicted octanol–water partition coefficient (Wildman–Crippen LogP) is 4.47. The Bertz CT molecular complexity index is 460. The van der Waals surface area contributed by atoms with Gasteiger partial charge in [-0.1, -0.05) is 51.5 Å². The number of fused-ring (bicyclic) bond motifs is 1. The molecule has 2 aliphatic rings. The molecule has 2 saturated carbocycles. The molecule has 0 aromatic rings. The van der Waals surface area contributed by atoms with Crippen LogP contribution >= 0.6 is 0 Å². The normalized spacial score (nSPS) is 45.2. The summed E-state index contributed by atoms with van der Waals surface area (Å²) in [5.74, 6) is 0.551. The van der Waals surface area contributed by atoms with Crippen LogP contribution in [0.5, 0.6) is 0 Å². The first kappa shape index (κ1) is 17.7. The molecule has 2 aliphatic carbocycles. The van der Waals surface area contributed by atoms with E-state index in [-0.39, 0.29) is 16.7 Å². The summed E-state index contributed by atoms with van der Waals surface area (Å²) in [6, 6.07) is 0. The molecule has 0 aromatic carbocycles. The van der Waals surface area contributed by atoms with Crippen molar-refractivity contribution in [3.63, 3.8) is 0 Å². The fraction of sp³-hybridized carbons (Fsp3) is 0.800. The molecule has 0 aliphatic heterocycles. The van der Waals surface area contributed by atoms with Gasteiger partial charge in [0.15, 0.2) is 0 Å². The van der Waals surface area contributed by atoms with E-state index in [1.165, 1.54) is 12.8 Å². The Morgan fingerprint density at radius 1 is 1.23 bits per heavy atom. The number of aliphatic hydroxyl groups is 2. The molecule has 2 rings (SSSR count). The van der Waals surface area contributed by atoms with Gasteiger partial charge in [-0.15, -0.1) is 0 Å². The molecule has 1 unspecified atom stereocenters.